The summed E-state index contributed by atoms with van der Waals surface area (Å²) in [5.41, 5.74) is 0. The molecule has 0 amide bonds. The fourth-order valence-electron chi connectivity index (χ4n) is 0.430. The maximum Gasteiger partial charge on any atom is 0.0400 e. The van der Waals surface area contributed by atoms with Crippen LogP contribution in [-0.2, 0) is 0 Å². The molecule has 0 aliphatic heterocycles. The van der Waals surface area contributed by atoms with Crippen molar-refractivity contribution in [3.63, 3.8) is 0 Å². The second-order valence-corrected chi connectivity index (χ2v) is 1.76. The van der Waals surface area contributed by atoms with Crippen LogP contribution in [0.4, 0.5) is 4.48 Å². The van der Waals surface area contributed by atoms with Crippen LogP contribution < -0.4 is 0 Å². The summed E-state index contributed by atoms with van der Waals surface area (Å²) in [6.45, 7) is 0. The molecule has 0 aromatic rings. The van der Waals surface area contributed by atoms with Crippen LogP contribution >= 0.6 is 0 Å². The van der Waals surface area contributed by atoms with E-state index in [1.807, 2.05) is 0 Å². The third-order valence-electron chi connectivity index (χ3n) is 1.05. The van der Waals surface area contributed by atoms with Crippen molar-refractivity contribution < 1.29 is 4.48 Å². The third-order valence-corrected chi connectivity index (χ3v) is 1.05. The molecule has 0 bridgehead atoms. The van der Waals surface area contributed by atoms with Crippen molar-refractivity contribution in [2.45, 2.75) is 18.9 Å². The Morgan fingerprint density at radius 2 is 2.17 bits per heavy atom. The predicted octanol–water partition coefficient (Wildman–Crippen LogP) is 0.965. The molecule has 0 unspecified atom stereocenters. The highest BCUT2D eigenvalue weighted by Gasteiger charge is 2.25. The Morgan fingerprint density at radius 3 is 2.17 bits per heavy atom. The first-order chi connectivity index (χ1) is 2.80. The summed E-state index contributed by atoms with van der Waals surface area (Å²) in [7, 11) is 1.47. The molecule has 0 aromatic heterocycles. The Kier molecular flexibility index (Phi) is 0.804. The van der Waals surface area contributed by atoms with Crippen molar-refractivity contribution in [1.82, 2.24) is 5.12 Å². The minimum absolute atomic E-state index is 0.269. The van der Waals surface area contributed by atoms with Gasteiger partial charge in [0.15, 0.2) is 0 Å². The summed E-state index contributed by atoms with van der Waals surface area (Å²) in [4.78, 5) is 0. The Labute approximate surface area is 36.7 Å². The van der Waals surface area contributed by atoms with Gasteiger partial charge in [-0.25, -0.2) is 0 Å². The normalized spacial score (nSPS) is 22.5. The van der Waals surface area contributed by atoms with Crippen molar-refractivity contribution in [3.05, 3.63) is 0 Å². The Hall–Kier alpha value is -0.110. The maximum absolute atomic E-state index is 11.7. The summed E-state index contributed by atoms with van der Waals surface area (Å²) < 4.78 is 11.7. The molecule has 0 radical (unpaired) electrons. The first-order valence-electron chi connectivity index (χ1n) is 2.19. The molecule has 0 atom stereocenters. The minimum atomic E-state index is 0.269. The molecule has 0 N–H and O–H groups in total. The average Bonchev–Trinajstić information content (AvgIpc) is 2.06. The van der Waals surface area contributed by atoms with E-state index in [2.05, 4.69) is 0 Å². The molecular formula is C4H8FN. The molecule has 36 valence electrons. The SMILES string of the molecule is CN(F)C1CC1. The van der Waals surface area contributed by atoms with E-state index in [4.69, 9.17) is 0 Å². The van der Waals surface area contributed by atoms with Crippen LogP contribution in [0.2, 0.25) is 0 Å². The lowest BCUT2D eigenvalue weighted by molar-refractivity contribution is 0.0499. The van der Waals surface area contributed by atoms with Crippen molar-refractivity contribution in [2.24, 2.45) is 0 Å². The zero-order valence-corrected chi connectivity index (χ0v) is 3.82. The van der Waals surface area contributed by atoms with E-state index in [0.717, 1.165) is 18.0 Å². The molecule has 0 aromatic carbocycles. The van der Waals surface area contributed by atoms with Gasteiger partial charge in [0.05, 0.1) is 0 Å². The van der Waals surface area contributed by atoms with Gasteiger partial charge in [0, 0.05) is 13.1 Å². The zero-order valence-electron chi connectivity index (χ0n) is 3.82. The van der Waals surface area contributed by atoms with Crippen LogP contribution in [0, 0.1) is 0 Å². The van der Waals surface area contributed by atoms with E-state index in [9.17, 15) is 4.48 Å². The highest BCUT2D eigenvalue weighted by atomic mass is 19.2. The van der Waals surface area contributed by atoms with E-state index in [1.54, 1.807) is 0 Å². The van der Waals surface area contributed by atoms with Gasteiger partial charge in [0.2, 0.25) is 0 Å². The van der Waals surface area contributed by atoms with Gasteiger partial charge in [-0.3, -0.25) is 0 Å². The lowest BCUT2D eigenvalue weighted by atomic mass is 10.7. The highest BCUT2D eigenvalue weighted by molar-refractivity contribution is 4.77. The highest BCUT2D eigenvalue weighted by Crippen LogP contribution is 2.24. The van der Waals surface area contributed by atoms with Crippen LogP contribution in [0.15, 0.2) is 0 Å². The molecule has 1 aliphatic carbocycles. The Bertz CT molecular complexity index is 49.5. The monoisotopic (exact) mass is 89.1 g/mol. The van der Waals surface area contributed by atoms with Gasteiger partial charge < -0.3 is 0 Å². The molecule has 6 heavy (non-hydrogen) atoms. The fraction of sp³-hybridized carbons (Fsp3) is 1.00. The van der Waals surface area contributed by atoms with Crippen LogP contribution in [0.5, 0.6) is 0 Å². The number of rotatable bonds is 1. The van der Waals surface area contributed by atoms with Gasteiger partial charge in [-0.15, -0.1) is 9.60 Å². The summed E-state index contributed by atoms with van der Waals surface area (Å²) in [5, 5.41) is 0.778. The fourth-order valence-corrected chi connectivity index (χ4v) is 0.430. The largest absolute Gasteiger partial charge is 0.146 e. The van der Waals surface area contributed by atoms with Crippen molar-refractivity contribution in [1.29, 1.82) is 0 Å². The van der Waals surface area contributed by atoms with Gasteiger partial charge in [-0.05, 0) is 12.8 Å². The number of halogens is 1. The second-order valence-electron chi connectivity index (χ2n) is 1.76. The molecule has 1 fully saturated rings. The summed E-state index contributed by atoms with van der Waals surface area (Å²) in [6.07, 6.45) is 2.10. The predicted molar refractivity (Wildman–Crippen MR) is 21.9 cm³/mol. The van der Waals surface area contributed by atoms with Crippen LogP contribution in [0.1, 0.15) is 12.8 Å². The summed E-state index contributed by atoms with van der Waals surface area (Å²) >= 11 is 0. The lowest BCUT2D eigenvalue weighted by Gasteiger charge is -1.96. The molecule has 1 saturated carbocycles. The van der Waals surface area contributed by atoms with E-state index in [1.165, 1.54) is 7.05 Å². The number of hydrogen-bond acceptors (Lipinski definition) is 1. The van der Waals surface area contributed by atoms with Gasteiger partial charge >= 0.3 is 0 Å². The molecule has 0 spiro atoms. The van der Waals surface area contributed by atoms with Crippen molar-refractivity contribution in [3.8, 4) is 0 Å². The zero-order chi connectivity index (χ0) is 4.57. The minimum Gasteiger partial charge on any atom is -0.146 e. The first kappa shape index (κ1) is 4.06. The van der Waals surface area contributed by atoms with Gasteiger partial charge in [-0.2, -0.15) is 0 Å². The quantitative estimate of drug-likeness (QED) is 0.432. The standard InChI is InChI=1S/C4H8FN/c1-6(5)4-2-3-4/h4H,2-3H2,1H3. The van der Waals surface area contributed by atoms with Crippen LogP contribution in [0.25, 0.3) is 0 Å². The molecule has 1 aliphatic rings. The van der Waals surface area contributed by atoms with Gasteiger partial charge in [0.25, 0.3) is 0 Å². The molecule has 0 saturated heterocycles. The number of nitrogens with zero attached hydrogens (tertiary/aromatic N) is 1. The van der Waals surface area contributed by atoms with Crippen LogP contribution in [0.3, 0.4) is 0 Å². The molecular weight excluding hydrogens is 81.0 g/mol. The van der Waals surface area contributed by atoms with Crippen LogP contribution in [-0.4, -0.2) is 18.2 Å². The Morgan fingerprint density at radius 1 is 1.67 bits per heavy atom. The average molecular weight is 89.1 g/mol. The van der Waals surface area contributed by atoms with Gasteiger partial charge in [0.1, 0.15) is 0 Å². The Balaban J connectivity index is 2.13. The summed E-state index contributed by atoms with van der Waals surface area (Å²) in [5.74, 6) is 0. The van der Waals surface area contributed by atoms with E-state index >= 15 is 0 Å². The van der Waals surface area contributed by atoms with E-state index in [0.29, 0.717) is 0 Å². The summed E-state index contributed by atoms with van der Waals surface area (Å²) in [6, 6.07) is 0.269. The van der Waals surface area contributed by atoms with E-state index < -0.39 is 0 Å². The molecule has 0 heterocycles. The lowest BCUT2D eigenvalue weighted by Crippen LogP contribution is -2.06. The van der Waals surface area contributed by atoms with Gasteiger partial charge in [-0.1, -0.05) is 0 Å². The van der Waals surface area contributed by atoms with Crippen molar-refractivity contribution in [2.75, 3.05) is 7.05 Å². The first-order valence-corrected chi connectivity index (χ1v) is 2.19. The number of hydrogen-bond donors (Lipinski definition) is 0. The molecule has 1 rings (SSSR count). The van der Waals surface area contributed by atoms with Crippen molar-refractivity contribution >= 4 is 0 Å². The molecule has 1 nitrogen and oxygen atoms in total. The second kappa shape index (κ2) is 1.19. The topological polar surface area (TPSA) is 3.24 Å². The smallest absolute Gasteiger partial charge is 0.0400 e. The maximum atomic E-state index is 11.7. The third kappa shape index (κ3) is 0.684. The van der Waals surface area contributed by atoms with E-state index in [-0.39, 0.29) is 6.04 Å². The molecule has 2 heteroatoms.